The highest BCUT2D eigenvalue weighted by atomic mass is 16.5. The minimum Gasteiger partial charge on any atom is -0.497 e. The lowest BCUT2D eigenvalue weighted by Crippen LogP contribution is -2.59. The van der Waals surface area contributed by atoms with Gasteiger partial charge < -0.3 is 15.0 Å². The van der Waals surface area contributed by atoms with Gasteiger partial charge in [-0.05, 0) is 36.6 Å². The Morgan fingerprint density at radius 3 is 2.69 bits per heavy atom. The maximum absolute atomic E-state index is 13.2. The quantitative estimate of drug-likeness (QED) is 0.810. The normalized spacial score (nSPS) is 21.4. The van der Waals surface area contributed by atoms with Gasteiger partial charge in [0.25, 0.3) is 11.8 Å². The van der Waals surface area contributed by atoms with Crippen molar-refractivity contribution >= 4 is 17.8 Å². The van der Waals surface area contributed by atoms with Crippen LogP contribution in [0, 0.1) is 0 Å². The number of likely N-dealkylation sites (tertiary alicyclic amines) is 1. The fourth-order valence-corrected chi connectivity index (χ4v) is 4.03. The molecule has 2 aromatic rings. The summed E-state index contributed by atoms with van der Waals surface area (Å²) >= 11 is 0. The van der Waals surface area contributed by atoms with Gasteiger partial charge in [0.2, 0.25) is 0 Å². The molecule has 2 aliphatic heterocycles. The Kier molecular flexibility index (Phi) is 4.96. The number of rotatable bonds is 4. The first-order chi connectivity index (χ1) is 14.0. The van der Waals surface area contributed by atoms with Gasteiger partial charge in [0.1, 0.15) is 11.3 Å². The topological polar surface area (TPSA) is 79.0 Å². The number of hydrogen-bond acceptors (Lipinski definition) is 4. The summed E-state index contributed by atoms with van der Waals surface area (Å²) in [5, 5.41) is 2.87. The molecule has 2 fully saturated rings. The van der Waals surface area contributed by atoms with E-state index in [1.165, 1.54) is 4.90 Å². The van der Waals surface area contributed by atoms with E-state index in [2.05, 4.69) is 5.32 Å². The van der Waals surface area contributed by atoms with Gasteiger partial charge >= 0.3 is 6.03 Å². The van der Waals surface area contributed by atoms with Crippen molar-refractivity contribution in [2.45, 2.75) is 24.9 Å². The summed E-state index contributed by atoms with van der Waals surface area (Å²) in [5.74, 6) is 0.155. The van der Waals surface area contributed by atoms with Crippen molar-refractivity contribution < 1.29 is 19.1 Å². The molecule has 0 saturated carbocycles. The summed E-state index contributed by atoms with van der Waals surface area (Å²) in [6, 6.07) is 15.9. The van der Waals surface area contributed by atoms with Gasteiger partial charge in [0, 0.05) is 12.1 Å². The van der Waals surface area contributed by atoms with E-state index >= 15 is 0 Å². The molecule has 2 aromatic carbocycles. The van der Waals surface area contributed by atoms with Crippen LogP contribution in [0.15, 0.2) is 54.6 Å². The number of urea groups is 1. The van der Waals surface area contributed by atoms with Crippen molar-refractivity contribution in [3.8, 4) is 5.75 Å². The highest BCUT2D eigenvalue weighted by Crippen LogP contribution is 2.30. The first-order valence-corrected chi connectivity index (χ1v) is 9.64. The number of ether oxygens (including phenoxy) is 1. The van der Waals surface area contributed by atoms with Crippen LogP contribution in [0.5, 0.6) is 5.75 Å². The average molecular weight is 393 g/mol. The zero-order valence-electron chi connectivity index (χ0n) is 16.3. The molecule has 2 heterocycles. The molecule has 4 amide bonds. The lowest BCUT2D eigenvalue weighted by molar-refractivity contribution is -0.133. The van der Waals surface area contributed by atoms with E-state index in [0.29, 0.717) is 30.7 Å². The summed E-state index contributed by atoms with van der Waals surface area (Å²) in [4.78, 5) is 41.6. The highest BCUT2D eigenvalue weighted by Gasteiger charge is 2.53. The van der Waals surface area contributed by atoms with Gasteiger partial charge in [0.05, 0.1) is 20.2 Å². The molecule has 1 N–H and O–H groups in total. The predicted octanol–water partition coefficient (Wildman–Crippen LogP) is 2.42. The number of nitrogens with one attached hydrogen (secondary N) is 1. The van der Waals surface area contributed by atoms with Crippen molar-refractivity contribution in [1.29, 1.82) is 0 Å². The molecule has 1 spiro atoms. The van der Waals surface area contributed by atoms with E-state index in [-0.39, 0.29) is 24.9 Å². The molecule has 0 radical (unpaired) electrons. The Morgan fingerprint density at radius 1 is 1.14 bits per heavy atom. The summed E-state index contributed by atoms with van der Waals surface area (Å²) in [7, 11) is 1.55. The van der Waals surface area contributed by atoms with Crippen LogP contribution in [-0.4, -0.2) is 53.4 Å². The van der Waals surface area contributed by atoms with E-state index < -0.39 is 11.6 Å². The first-order valence-electron chi connectivity index (χ1n) is 9.64. The van der Waals surface area contributed by atoms with Crippen LogP contribution >= 0.6 is 0 Å². The van der Waals surface area contributed by atoms with Gasteiger partial charge in [-0.1, -0.05) is 36.4 Å². The van der Waals surface area contributed by atoms with Gasteiger partial charge in [-0.3, -0.25) is 14.5 Å². The second-order valence-corrected chi connectivity index (χ2v) is 7.45. The van der Waals surface area contributed by atoms with E-state index in [4.69, 9.17) is 4.74 Å². The van der Waals surface area contributed by atoms with Crippen LogP contribution in [0.3, 0.4) is 0 Å². The van der Waals surface area contributed by atoms with Crippen LogP contribution in [-0.2, 0) is 11.3 Å². The van der Waals surface area contributed by atoms with Crippen LogP contribution in [0.2, 0.25) is 0 Å². The second-order valence-electron chi connectivity index (χ2n) is 7.45. The number of methoxy groups -OCH3 is 1. The molecule has 1 unspecified atom stereocenters. The molecule has 29 heavy (non-hydrogen) atoms. The number of amides is 4. The van der Waals surface area contributed by atoms with Gasteiger partial charge in [0.15, 0.2) is 0 Å². The summed E-state index contributed by atoms with van der Waals surface area (Å²) in [6.07, 6.45) is 1.16. The molecule has 0 bridgehead atoms. The molecule has 7 nitrogen and oxygen atoms in total. The van der Waals surface area contributed by atoms with Crippen LogP contribution in [0.1, 0.15) is 28.8 Å². The maximum atomic E-state index is 13.2. The standard InChI is InChI=1S/C22H23N3O4/c1-29-18-10-5-9-17(13-18)19(26)24-12-6-11-22(15-24)20(27)25(21(28)23-22)14-16-7-3-2-4-8-16/h2-5,7-10,13H,6,11-12,14-15H2,1H3,(H,23,28). The summed E-state index contributed by atoms with van der Waals surface area (Å²) < 4.78 is 5.20. The molecule has 4 rings (SSSR count). The maximum Gasteiger partial charge on any atom is 0.325 e. The smallest absolute Gasteiger partial charge is 0.325 e. The Hall–Kier alpha value is -3.35. The average Bonchev–Trinajstić information content (AvgIpc) is 2.97. The Morgan fingerprint density at radius 2 is 1.93 bits per heavy atom. The van der Waals surface area contributed by atoms with E-state index in [0.717, 1.165) is 5.56 Å². The third-order valence-corrected chi connectivity index (χ3v) is 5.53. The highest BCUT2D eigenvalue weighted by molar-refractivity contribution is 6.07. The first kappa shape index (κ1) is 19.0. The van der Waals surface area contributed by atoms with Crippen molar-refractivity contribution in [2.75, 3.05) is 20.2 Å². The zero-order valence-corrected chi connectivity index (χ0v) is 16.3. The van der Waals surface area contributed by atoms with E-state index in [9.17, 15) is 14.4 Å². The lowest BCUT2D eigenvalue weighted by Gasteiger charge is -2.38. The Labute approximate surface area is 169 Å². The van der Waals surface area contributed by atoms with Crippen molar-refractivity contribution in [3.05, 3.63) is 65.7 Å². The number of piperidine rings is 1. The molecule has 2 saturated heterocycles. The van der Waals surface area contributed by atoms with Gasteiger partial charge in [-0.2, -0.15) is 0 Å². The van der Waals surface area contributed by atoms with Crippen LogP contribution in [0.4, 0.5) is 4.79 Å². The van der Waals surface area contributed by atoms with E-state index in [1.807, 2.05) is 30.3 Å². The van der Waals surface area contributed by atoms with Crippen molar-refractivity contribution in [1.82, 2.24) is 15.1 Å². The molecular formula is C22H23N3O4. The lowest BCUT2D eigenvalue weighted by atomic mass is 9.88. The number of carbonyl (C=O) groups is 3. The van der Waals surface area contributed by atoms with Crippen LogP contribution in [0.25, 0.3) is 0 Å². The second kappa shape index (κ2) is 7.58. The molecule has 7 heteroatoms. The molecule has 1 atom stereocenters. The minimum atomic E-state index is -1.06. The van der Waals surface area contributed by atoms with Gasteiger partial charge in [-0.15, -0.1) is 0 Å². The number of hydrogen-bond donors (Lipinski definition) is 1. The molecule has 2 aliphatic rings. The van der Waals surface area contributed by atoms with Crippen molar-refractivity contribution in [2.24, 2.45) is 0 Å². The predicted molar refractivity (Wildman–Crippen MR) is 106 cm³/mol. The minimum absolute atomic E-state index is 0.166. The number of benzene rings is 2. The molecule has 150 valence electrons. The number of nitrogens with zero attached hydrogens (tertiary/aromatic N) is 2. The SMILES string of the molecule is COc1cccc(C(=O)N2CCCC3(C2)NC(=O)N(Cc2ccccc2)C3=O)c1. The zero-order chi connectivity index (χ0) is 20.4. The number of imide groups is 1. The molecular weight excluding hydrogens is 370 g/mol. The van der Waals surface area contributed by atoms with Crippen LogP contribution < -0.4 is 10.1 Å². The van der Waals surface area contributed by atoms with Crippen molar-refractivity contribution in [3.63, 3.8) is 0 Å². The fraction of sp³-hybridized carbons (Fsp3) is 0.318. The monoisotopic (exact) mass is 393 g/mol. The molecule has 0 aliphatic carbocycles. The molecule has 0 aromatic heterocycles. The third-order valence-electron chi connectivity index (χ3n) is 5.53. The Balaban J connectivity index is 1.53. The third kappa shape index (κ3) is 3.55. The van der Waals surface area contributed by atoms with E-state index in [1.54, 1.807) is 36.3 Å². The fourth-order valence-electron chi connectivity index (χ4n) is 4.03. The largest absolute Gasteiger partial charge is 0.497 e. The summed E-state index contributed by atoms with van der Waals surface area (Å²) in [5.41, 5.74) is 0.325. The van der Waals surface area contributed by atoms with Gasteiger partial charge in [-0.25, -0.2) is 4.79 Å². The Bertz CT molecular complexity index is 946. The summed E-state index contributed by atoms with van der Waals surface area (Å²) in [6.45, 7) is 0.926. The number of carbonyl (C=O) groups excluding carboxylic acids is 3.